The highest BCUT2D eigenvalue weighted by Crippen LogP contribution is 2.19. The Kier molecular flexibility index (Phi) is 6.82. The predicted octanol–water partition coefficient (Wildman–Crippen LogP) is 3.37. The van der Waals surface area contributed by atoms with Crippen molar-refractivity contribution >= 4 is 11.8 Å². The quantitative estimate of drug-likeness (QED) is 0.279. The first-order valence-corrected chi connectivity index (χ1v) is 10.8. The van der Waals surface area contributed by atoms with Gasteiger partial charge in [0.2, 0.25) is 5.78 Å². The lowest BCUT2D eigenvalue weighted by Gasteiger charge is -2.11. The molecular weight excluding hydrogens is 434 g/mol. The minimum absolute atomic E-state index is 0.253. The number of benzene rings is 2. The fourth-order valence-electron chi connectivity index (χ4n) is 3.86. The average Bonchev–Trinajstić information content (AvgIpc) is 3.50. The third kappa shape index (κ3) is 4.88. The highest BCUT2D eigenvalue weighted by Gasteiger charge is 2.20. The number of hydrogen-bond acceptors (Lipinski definition) is 7. The highest BCUT2D eigenvalue weighted by molar-refractivity contribution is 6.01. The van der Waals surface area contributed by atoms with Gasteiger partial charge in [0.25, 0.3) is 0 Å². The molecule has 34 heavy (non-hydrogen) atoms. The zero-order valence-corrected chi connectivity index (χ0v) is 19.3. The summed E-state index contributed by atoms with van der Waals surface area (Å²) in [4.78, 5) is 25.6. The molecule has 4 aromatic rings. The van der Waals surface area contributed by atoms with Crippen LogP contribution in [0.5, 0.6) is 5.75 Å². The standard InChI is InChI=1S/C25H25N5O4/c1-17-14-22(18(2)29(17)13-12-19-8-10-20(33-3)11-9-19)24(31)15-34-25(32)21-6-4-5-7-23(21)30-16-26-27-28-30/h4-11,14,16H,12-13,15H2,1-3H3. The van der Waals surface area contributed by atoms with Gasteiger partial charge in [0.05, 0.1) is 18.4 Å². The molecule has 0 aliphatic rings. The number of hydrogen-bond donors (Lipinski definition) is 0. The van der Waals surface area contributed by atoms with Crippen LogP contribution in [0, 0.1) is 13.8 Å². The molecule has 2 aromatic heterocycles. The lowest BCUT2D eigenvalue weighted by molar-refractivity contribution is 0.0474. The topological polar surface area (TPSA) is 101 Å². The monoisotopic (exact) mass is 459 g/mol. The minimum Gasteiger partial charge on any atom is -0.497 e. The molecule has 4 rings (SSSR count). The van der Waals surface area contributed by atoms with Gasteiger partial charge in [0.1, 0.15) is 12.1 Å². The molecule has 0 unspecified atom stereocenters. The fourth-order valence-corrected chi connectivity index (χ4v) is 3.86. The van der Waals surface area contributed by atoms with Crippen molar-refractivity contribution in [2.75, 3.05) is 13.7 Å². The number of tetrazole rings is 1. The normalized spacial score (nSPS) is 10.8. The molecule has 0 aliphatic carbocycles. The number of ether oxygens (including phenoxy) is 2. The maximum atomic E-state index is 12.9. The van der Waals surface area contributed by atoms with E-state index < -0.39 is 5.97 Å². The van der Waals surface area contributed by atoms with E-state index in [4.69, 9.17) is 9.47 Å². The van der Waals surface area contributed by atoms with Crippen LogP contribution in [0.15, 0.2) is 60.9 Å². The Morgan fingerprint density at radius 2 is 1.76 bits per heavy atom. The Morgan fingerprint density at radius 1 is 1.00 bits per heavy atom. The second-order valence-corrected chi connectivity index (χ2v) is 7.81. The van der Waals surface area contributed by atoms with Crippen molar-refractivity contribution in [3.8, 4) is 11.4 Å². The lowest BCUT2D eigenvalue weighted by atomic mass is 10.1. The smallest absolute Gasteiger partial charge is 0.340 e. The molecule has 0 amide bonds. The molecule has 9 heteroatoms. The van der Waals surface area contributed by atoms with Gasteiger partial charge in [0, 0.05) is 23.5 Å². The van der Waals surface area contributed by atoms with E-state index in [-0.39, 0.29) is 18.0 Å². The van der Waals surface area contributed by atoms with E-state index >= 15 is 0 Å². The summed E-state index contributed by atoms with van der Waals surface area (Å²) in [5.41, 5.74) is 4.30. The van der Waals surface area contributed by atoms with Crippen molar-refractivity contribution < 1.29 is 19.1 Å². The summed E-state index contributed by atoms with van der Waals surface area (Å²) < 4.78 is 14.0. The number of carbonyl (C=O) groups excluding carboxylic acids is 2. The van der Waals surface area contributed by atoms with Crippen molar-refractivity contribution in [2.45, 2.75) is 26.8 Å². The van der Waals surface area contributed by atoms with Gasteiger partial charge in [-0.3, -0.25) is 4.79 Å². The number of rotatable bonds is 9. The molecule has 2 heterocycles. The van der Waals surface area contributed by atoms with Gasteiger partial charge in [-0.1, -0.05) is 24.3 Å². The van der Waals surface area contributed by atoms with Crippen LogP contribution in [0.1, 0.15) is 37.7 Å². The molecule has 0 bridgehead atoms. The van der Waals surface area contributed by atoms with Gasteiger partial charge in [-0.15, -0.1) is 5.10 Å². The van der Waals surface area contributed by atoms with Crippen molar-refractivity contribution in [3.63, 3.8) is 0 Å². The van der Waals surface area contributed by atoms with E-state index in [2.05, 4.69) is 20.1 Å². The summed E-state index contributed by atoms with van der Waals surface area (Å²) in [7, 11) is 1.64. The summed E-state index contributed by atoms with van der Waals surface area (Å²) in [6, 6.07) is 16.6. The fraction of sp³-hybridized carbons (Fsp3) is 0.240. The number of carbonyl (C=O) groups is 2. The average molecular weight is 460 g/mol. The Morgan fingerprint density at radius 3 is 2.47 bits per heavy atom. The number of methoxy groups -OCH3 is 1. The van der Waals surface area contributed by atoms with E-state index in [9.17, 15) is 9.59 Å². The highest BCUT2D eigenvalue weighted by atomic mass is 16.5. The number of para-hydroxylation sites is 1. The number of aryl methyl sites for hydroxylation is 2. The third-order valence-corrected chi connectivity index (χ3v) is 5.71. The van der Waals surface area contributed by atoms with Crippen molar-refractivity contribution in [1.29, 1.82) is 0 Å². The molecule has 0 atom stereocenters. The molecule has 0 N–H and O–H groups in total. The summed E-state index contributed by atoms with van der Waals surface area (Å²) in [5.74, 6) is -0.0510. The summed E-state index contributed by atoms with van der Waals surface area (Å²) in [6.45, 7) is 4.25. The molecular formula is C25H25N5O4. The Hall–Kier alpha value is -4.27. The van der Waals surface area contributed by atoms with Gasteiger partial charge in [-0.05, 0) is 66.6 Å². The van der Waals surface area contributed by atoms with Crippen molar-refractivity contribution in [2.24, 2.45) is 0 Å². The Bertz CT molecular complexity index is 1290. The van der Waals surface area contributed by atoms with Gasteiger partial charge in [-0.25, -0.2) is 4.79 Å². The second kappa shape index (κ2) is 10.1. The summed E-state index contributed by atoms with van der Waals surface area (Å²) in [6.07, 6.45) is 2.20. The second-order valence-electron chi connectivity index (χ2n) is 7.81. The molecule has 2 aromatic carbocycles. The van der Waals surface area contributed by atoms with Gasteiger partial charge >= 0.3 is 5.97 Å². The van der Waals surface area contributed by atoms with Crippen molar-refractivity contribution in [3.05, 3.63) is 89.0 Å². The van der Waals surface area contributed by atoms with Crippen LogP contribution < -0.4 is 4.74 Å². The number of esters is 1. The lowest BCUT2D eigenvalue weighted by Crippen LogP contribution is -2.17. The molecule has 0 saturated carbocycles. The van der Waals surface area contributed by atoms with E-state index in [0.717, 1.165) is 30.1 Å². The number of aromatic nitrogens is 5. The Labute approximate surface area is 196 Å². The maximum Gasteiger partial charge on any atom is 0.340 e. The van der Waals surface area contributed by atoms with E-state index in [1.54, 1.807) is 31.4 Å². The number of ketones is 1. The first-order chi connectivity index (χ1) is 16.5. The number of nitrogens with zero attached hydrogens (tertiary/aromatic N) is 5. The van der Waals surface area contributed by atoms with Gasteiger partial charge in [0.15, 0.2) is 6.61 Å². The SMILES string of the molecule is COc1ccc(CCn2c(C)cc(C(=O)COC(=O)c3ccccc3-n3cnnn3)c2C)cc1. The van der Waals surface area contributed by atoms with E-state index in [1.807, 2.05) is 44.2 Å². The minimum atomic E-state index is -0.618. The first-order valence-electron chi connectivity index (χ1n) is 10.8. The molecule has 174 valence electrons. The van der Waals surface area contributed by atoms with Crippen LogP contribution in [-0.4, -0.2) is 50.2 Å². The number of Topliss-reactive ketones (excluding diaryl/α,β-unsaturated/α-hetero) is 1. The molecule has 0 radical (unpaired) electrons. The van der Waals surface area contributed by atoms with Crippen LogP contribution >= 0.6 is 0 Å². The molecule has 9 nitrogen and oxygen atoms in total. The van der Waals surface area contributed by atoms with Crippen LogP contribution in [0.3, 0.4) is 0 Å². The van der Waals surface area contributed by atoms with E-state index in [0.29, 0.717) is 11.3 Å². The van der Waals surface area contributed by atoms with E-state index in [1.165, 1.54) is 16.6 Å². The molecule has 0 spiro atoms. The molecule has 0 saturated heterocycles. The van der Waals surface area contributed by atoms with Gasteiger partial charge < -0.3 is 14.0 Å². The maximum absolute atomic E-state index is 12.9. The predicted molar refractivity (Wildman–Crippen MR) is 124 cm³/mol. The largest absolute Gasteiger partial charge is 0.497 e. The van der Waals surface area contributed by atoms with Crippen LogP contribution in [0.4, 0.5) is 0 Å². The van der Waals surface area contributed by atoms with Crippen LogP contribution in [0.25, 0.3) is 5.69 Å². The summed E-state index contributed by atoms with van der Waals surface area (Å²) >= 11 is 0. The first kappa shape index (κ1) is 22.9. The Balaban J connectivity index is 1.41. The van der Waals surface area contributed by atoms with Crippen LogP contribution in [0.2, 0.25) is 0 Å². The zero-order chi connectivity index (χ0) is 24.1. The van der Waals surface area contributed by atoms with Crippen LogP contribution in [-0.2, 0) is 17.7 Å². The van der Waals surface area contributed by atoms with Gasteiger partial charge in [-0.2, -0.15) is 4.68 Å². The van der Waals surface area contributed by atoms with Crippen molar-refractivity contribution in [1.82, 2.24) is 24.8 Å². The molecule has 0 fully saturated rings. The summed E-state index contributed by atoms with van der Waals surface area (Å²) in [5, 5.41) is 11.0. The third-order valence-electron chi connectivity index (χ3n) is 5.71. The molecule has 0 aliphatic heterocycles. The zero-order valence-electron chi connectivity index (χ0n) is 19.3.